The summed E-state index contributed by atoms with van der Waals surface area (Å²) in [4.78, 5) is 5.08. The maximum Gasteiger partial charge on any atom is 0.0994 e. The number of benzene rings is 1. The number of fused-ring (bicyclic) bond motifs is 1. The molecule has 0 aliphatic carbocycles. The van der Waals surface area contributed by atoms with E-state index in [1.165, 1.54) is 25.8 Å². The lowest BCUT2D eigenvalue weighted by Gasteiger charge is -2.45. The van der Waals surface area contributed by atoms with E-state index in [0.29, 0.717) is 6.04 Å². The number of rotatable bonds is 3. The smallest absolute Gasteiger partial charge is 0.0994 e. The Labute approximate surface area is 122 Å². The minimum absolute atomic E-state index is 0.712. The van der Waals surface area contributed by atoms with Crippen LogP contribution in [0.2, 0.25) is 0 Å². The summed E-state index contributed by atoms with van der Waals surface area (Å²) in [6.07, 6.45) is 4.05. The van der Waals surface area contributed by atoms with E-state index in [9.17, 15) is 5.11 Å². The van der Waals surface area contributed by atoms with E-state index in [4.69, 9.17) is 0 Å². The van der Waals surface area contributed by atoms with Gasteiger partial charge in [0.05, 0.1) is 5.60 Å². The number of aliphatic hydroxyl groups is 1. The van der Waals surface area contributed by atoms with Gasteiger partial charge in [-0.3, -0.25) is 9.80 Å². The fourth-order valence-corrected chi connectivity index (χ4v) is 3.69. The number of nitrogens with zero attached hydrogens (tertiary/aromatic N) is 2. The molecule has 2 aliphatic rings. The Hall–Kier alpha value is -0.900. The average molecular weight is 274 g/mol. The molecule has 2 atom stereocenters. The Bertz CT molecular complexity index is 432. The van der Waals surface area contributed by atoms with Crippen molar-refractivity contribution < 1.29 is 5.11 Å². The van der Waals surface area contributed by atoms with Gasteiger partial charge >= 0.3 is 0 Å². The number of β-amino-alcohol motifs (C(OH)–C–C–N with tert-alkyl or cyclic N) is 1. The summed E-state index contributed by atoms with van der Waals surface area (Å²) in [5.74, 6) is 0. The highest BCUT2D eigenvalue weighted by molar-refractivity contribution is 5.21. The van der Waals surface area contributed by atoms with Crippen LogP contribution in [0, 0.1) is 0 Å². The van der Waals surface area contributed by atoms with Crippen LogP contribution in [0.4, 0.5) is 0 Å². The molecule has 0 amide bonds. The summed E-state index contributed by atoms with van der Waals surface area (Å²) >= 11 is 0. The Morgan fingerprint density at radius 3 is 2.75 bits per heavy atom. The molecule has 20 heavy (non-hydrogen) atoms. The zero-order valence-electron chi connectivity index (χ0n) is 12.5. The monoisotopic (exact) mass is 274 g/mol. The molecule has 2 fully saturated rings. The molecule has 2 aliphatic heterocycles. The number of piperazine rings is 1. The summed E-state index contributed by atoms with van der Waals surface area (Å²) < 4.78 is 0. The van der Waals surface area contributed by atoms with Crippen LogP contribution in [0.3, 0.4) is 0 Å². The molecular weight excluding hydrogens is 248 g/mol. The van der Waals surface area contributed by atoms with Gasteiger partial charge < -0.3 is 5.11 Å². The summed E-state index contributed by atoms with van der Waals surface area (Å²) in [6, 6.07) is 10.8. The molecule has 3 nitrogen and oxygen atoms in total. The zero-order chi connectivity index (χ0) is 14.0. The number of hydrogen-bond acceptors (Lipinski definition) is 3. The molecule has 3 heteroatoms. The van der Waals surface area contributed by atoms with Crippen molar-refractivity contribution in [3.8, 4) is 0 Å². The molecule has 0 aromatic heterocycles. The molecule has 2 saturated heterocycles. The first-order chi connectivity index (χ1) is 9.65. The lowest BCUT2D eigenvalue weighted by atomic mass is 9.93. The highest BCUT2D eigenvalue weighted by Gasteiger charge is 2.33. The average Bonchev–Trinajstić information content (AvgIpc) is 2.48. The highest BCUT2D eigenvalue weighted by atomic mass is 16.3. The van der Waals surface area contributed by atoms with Gasteiger partial charge in [0, 0.05) is 32.2 Å². The first kappa shape index (κ1) is 14.1. The largest absolute Gasteiger partial charge is 0.384 e. The van der Waals surface area contributed by atoms with Crippen LogP contribution in [0.15, 0.2) is 30.3 Å². The minimum atomic E-state index is -0.752. The van der Waals surface area contributed by atoms with Crippen LogP contribution in [0.5, 0.6) is 0 Å². The molecule has 2 heterocycles. The van der Waals surface area contributed by atoms with Crippen LogP contribution in [0.25, 0.3) is 0 Å². The Morgan fingerprint density at radius 1 is 1.15 bits per heavy atom. The minimum Gasteiger partial charge on any atom is -0.384 e. The van der Waals surface area contributed by atoms with Crippen molar-refractivity contribution in [2.24, 2.45) is 0 Å². The quantitative estimate of drug-likeness (QED) is 0.914. The summed E-state index contributed by atoms with van der Waals surface area (Å²) in [5.41, 5.74) is 0.268. The van der Waals surface area contributed by atoms with Gasteiger partial charge in [0.15, 0.2) is 0 Å². The summed E-state index contributed by atoms with van der Waals surface area (Å²) in [5, 5.41) is 10.8. The standard InChI is InChI=1S/C17H26N2O/c1-17(20,15-7-3-2-4-8-15)14-18-11-12-19-10-6-5-9-16(19)13-18/h2-4,7-8,16,20H,5-6,9-14H2,1H3. The fourth-order valence-electron chi connectivity index (χ4n) is 3.69. The van der Waals surface area contributed by atoms with Crippen molar-refractivity contribution in [1.29, 1.82) is 0 Å². The van der Waals surface area contributed by atoms with Gasteiger partial charge in [0.25, 0.3) is 0 Å². The molecule has 110 valence electrons. The van der Waals surface area contributed by atoms with E-state index in [0.717, 1.165) is 31.7 Å². The van der Waals surface area contributed by atoms with Gasteiger partial charge in [-0.2, -0.15) is 0 Å². The third-order valence-electron chi connectivity index (χ3n) is 4.85. The van der Waals surface area contributed by atoms with Crippen molar-refractivity contribution in [2.75, 3.05) is 32.7 Å². The van der Waals surface area contributed by atoms with Gasteiger partial charge in [-0.25, -0.2) is 0 Å². The van der Waals surface area contributed by atoms with E-state index < -0.39 is 5.60 Å². The van der Waals surface area contributed by atoms with E-state index in [1.807, 2.05) is 37.3 Å². The zero-order valence-corrected chi connectivity index (χ0v) is 12.5. The molecule has 1 aromatic carbocycles. The second-order valence-corrected chi connectivity index (χ2v) is 6.56. The molecule has 0 bridgehead atoms. The van der Waals surface area contributed by atoms with Crippen LogP contribution in [0.1, 0.15) is 31.7 Å². The SMILES string of the molecule is CC(O)(CN1CCN2CCCCC2C1)c1ccccc1. The van der Waals surface area contributed by atoms with E-state index in [1.54, 1.807) is 0 Å². The summed E-state index contributed by atoms with van der Waals surface area (Å²) in [7, 11) is 0. The predicted molar refractivity (Wildman–Crippen MR) is 81.7 cm³/mol. The van der Waals surface area contributed by atoms with Crippen molar-refractivity contribution in [2.45, 2.75) is 37.8 Å². The third kappa shape index (κ3) is 3.05. The molecule has 3 rings (SSSR count). The Morgan fingerprint density at radius 2 is 1.95 bits per heavy atom. The maximum absolute atomic E-state index is 10.8. The fraction of sp³-hybridized carbons (Fsp3) is 0.647. The van der Waals surface area contributed by atoms with Crippen LogP contribution < -0.4 is 0 Å². The van der Waals surface area contributed by atoms with Gasteiger partial charge in [-0.05, 0) is 31.9 Å². The third-order valence-corrected chi connectivity index (χ3v) is 4.85. The molecular formula is C17H26N2O. The van der Waals surface area contributed by atoms with E-state index in [-0.39, 0.29) is 0 Å². The second-order valence-electron chi connectivity index (χ2n) is 6.56. The van der Waals surface area contributed by atoms with Crippen molar-refractivity contribution in [1.82, 2.24) is 9.80 Å². The number of piperidine rings is 1. The molecule has 1 N–H and O–H groups in total. The van der Waals surface area contributed by atoms with Crippen LogP contribution in [-0.2, 0) is 5.60 Å². The van der Waals surface area contributed by atoms with Crippen LogP contribution >= 0.6 is 0 Å². The van der Waals surface area contributed by atoms with Crippen molar-refractivity contribution in [3.63, 3.8) is 0 Å². The molecule has 2 unspecified atom stereocenters. The molecule has 0 radical (unpaired) electrons. The highest BCUT2D eigenvalue weighted by Crippen LogP contribution is 2.25. The molecule has 0 saturated carbocycles. The predicted octanol–water partition coefficient (Wildman–Crippen LogP) is 2.06. The first-order valence-electron chi connectivity index (χ1n) is 7.89. The van der Waals surface area contributed by atoms with E-state index >= 15 is 0 Å². The lowest BCUT2D eigenvalue weighted by molar-refractivity contribution is -0.0204. The topological polar surface area (TPSA) is 26.7 Å². The van der Waals surface area contributed by atoms with Gasteiger partial charge in [0.2, 0.25) is 0 Å². The van der Waals surface area contributed by atoms with Gasteiger partial charge in [-0.15, -0.1) is 0 Å². The first-order valence-corrected chi connectivity index (χ1v) is 7.89. The second kappa shape index (κ2) is 5.84. The Balaban J connectivity index is 1.63. The van der Waals surface area contributed by atoms with Gasteiger partial charge in [0.1, 0.15) is 0 Å². The van der Waals surface area contributed by atoms with Gasteiger partial charge in [-0.1, -0.05) is 36.8 Å². The van der Waals surface area contributed by atoms with Crippen molar-refractivity contribution >= 4 is 0 Å². The van der Waals surface area contributed by atoms with Crippen LogP contribution in [-0.4, -0.2) is 53.7 Å². The Kier molecular flexibility index (Phi) is 4.11. The molecule has 0 spiro atoms. The normalized spacial score (nSPS) is 27.8. The van der Waals surface area contributed by atoms with Crippen molar-refractivity contribution in [3.05, 3.63) is 35.9 Å². The summed E-state index contributed by atoms with van der Waals surface area (Å²) in [6.45, 7) is 7.31. The number of hydrogen-bond donors (Lipinski definition) is 1. The maximum atomic E-state index is 10.8. The molecule has 1 aromatic rings. The van der Waals surface area contributed by atoms with E-state index in [2.05, 4.69) is 9.80 Å². The lowest BCUT2D eigenvalue weighted by Crippen LogP contribution is -2.56.